The van der Waals surface area contributed by atoms with Crippen molar-refractivity contribution in [2.45, 2.75) is 6.42 Å². The van der Waals surface area contributed by atoms with E-state index < -0.39 is 6.09 Å². The maximum atomic E-state index is 13.6. The number of carbonyl (C=O) groups excluding carboxylic acids is 2. The summed E-state index contributed by atoms with van der Waals surface area (Å²) in [5.74, 6) is 0.478. The van der Waals surface area contributed by atoms with Crippen molar-refractivity contribution in [2.75, 3.05) is 42.9 Å². The average Bonchev–Trinajstić information content (AvgIpc) is 3.05. The fourth-order valence-electron chi connectivity index (χ4n) is 4.41. The van der Waals surface area contributed by atoms with Crippen LogP contribution in [0.3, 0.4) is 0 Å². The molecule has 0 aliphatic carbocycles. The Labute approximate surface area is 205 Å². The lowest BCUT2D eigenvalue weighted by atomic mass is 10.1. The molecule has 0 unspecified atom stereocenters. The number of nitrogens with zero attached hydrogens (tertiary/aromatic N) is 2. The van der Waals surface area contributed by atoms with Crippen LogP contribution < -0.4 is 20.3 Å². The molecule has 2 aliphatic rings. The fourth-order valence-corrected chi connectivity index (χ4v) is 4.41. The number of rotatable bonds is 5. The average molecular weight is 469 g/mol. The highest BCUT2D eigenvalue weighted by Gasteiger charge is 2.25. The van der Waals surface area contributed by atoms with Gasteiger partial charge in [-0.2, -0.15) is 0 Å². The van der Waals surface area contributed by atoms with E-state index in [4.69, 9.17) is 4.74 Å². The van der Waals surface area contributed by atoms with Crippen molar-refractivity contribution in [3.8, 4) is 5.75 Å². The van der Waals surface area contributed by atoms with E-state index in [2.05, 4.69) is 15.5 Å². The van der Waals surface area contributed by atoms with E-state index in [1.165, 1.54) is 0 Å². The molecule has 3 aromatic carbocycles. The Morgan fingerprint density at radius 1 is 0.857 bits per heavy atom. The summed E-state index contributed by atoms with van der Waals surface area (Å²) < 4.78 is 5.37. The van der Waals surface area contributed by atoms with Gasteiger partial charge in [0.05, 0.1) is 11.4 Å². The Morgan fingerprint density at radius 3 is 2.37 bits per heavy atom. The molecule has 1 fully saturated rings. The number of nitrogens with one attached hydrogen (secondary N) is 2. The summed E-state index contributed by atoms with van der Waals surface area (Å²) in [6.45, 7) is 4.49. The molecule has 0 aromatic heterocycles. The third-order valence-electron chi connectivity index (χ3n) is 6.19. The Morgan fingerprint density at radius 2 is 1.57 bits per heavy atom. The maximum absolute atomic E-state index is 13.6. The highest BCUT2D eigenvalue weighted by atomic mass is 16.6. The van der Waals surface area contributed by atoms with Crippen LogP contribution >= 0.6 is 0 Å². The number of para-hydroxylation sites is 2. The summed E-state index contributed by atoms with van der Waals surface area (Å²) in [4.78, 5) is 30.2. The van der Waals surface area contributed by atoms with Crippen molar-refractivity contribution in [2.24, 2.45) is 0 Å². The largest absolute Gasteiger partial charge is 0.417 e. The highest BCUT2D eigenvalue weighted by molar-refractivity contribution is 6.07. The van der Waals surface area contributed by atoms with Gasteiger partial charge < -0.3 is 15.0 Å². The third kappa shape index (κ3) is 5.42. The number of anilines is 3. The SMILES string of the molecule is O=C(Nc1ccc2c(c1)N(C(=O)CCN1CCNCC1)c1ccccc1C=C2)Oc1ccccc1. The Kier molecular flexibility index (Phi) is 6.88. The lowest BCUT2D eigenvalue weighted by Gasteiger charge is -2.29. The molecule has 2 aliphatic heterocycles. The second kappa shape index (κ2) is 10.5. The van der Waals surface area contributed by atoms with E-state index in [-0.39, 0.29) is 5.91 Å². The number of fused-ring (bicyclic) bond motifs is 2. The molecule has 0 bridgehead atoms. The molecule has 0 atom stereocenters. The molecular formula is C28H28N4O3. The predicted molar refractivity (Wildman–Crippen MR) is 139 cm³/mol. The van der Waals surface area contributed by atoms with E-state index in [0.717, 1.165) is 48.7 Å². The first-order valence-electron chi connectivity index (χ1n) is 11.9. The molecule has 3 aromatic rings. The van der Waals surface area contributed by atoms with Crippen molar-refractivity contribution >= 4 is 41.2 Å². The Hall–Kier alpha value is -3.94. The molecule has 2 amide bonds. The standard InChI is InChI=1S/C28H28N4O3/c33-27(14-17-31-18-15-29-16-19-31)32-25-9-5-4-6-21(25)10-11-22-12-13-23(20-26(22)32)30-28(34)35-24-7-2-1-3-8-24/h1-13,20,29H,14-19H2,(H,30,34). The molecule has 7 heteroatoms. The second-order valence-corrected chi connectivity index (χ2v) is 8.56. The monoisotopic (exact) mass is 468 g/mol. The van der Waals surface area contributed by atoms with Gasteiger partial charge >= 0.3 is 6.09 Å². The van der Waals surface area contributed by atoms with Crippen LogP contribution in [0.1, 0.15) is 17.5 Å². The van der Waals surface area contributed by atoms with Crippen LogP contribution in [-0.4, -0.2) is 49.6 Å². The lowest BCUT2D eigenvalue weighted by Crippen LogP contribution is -2.44. The quantitative estimate of drug-likeness (QED) is 0.566. The molecule has 2 heterocycles. The van der Waals surface area contributed by atoms with Gasteiger partial charge in [0.1, 0.15) is 5.75 Å². The van der Waals surface area contributed by atoms with Crippen molar-refractivity contribution in [1.29, 1.82) is 0 Å². The van der Waals surface area contributed by atoms with Gasteiger partial charge in [-0.15, -0.1) is 0 Å². The van der Waals surface area contributed by atoms with Crippen molar-refractivity contribution < 1.29 is 14.3 Å². The lowest BCUT2D eigenvalue weighted by molar-refractivity contribution is -0.118. The molecule has 35 heavy (non-hydrogen) atoms. The first kappa shape index (κ1) is 22.8. The van der Waals surface area contributed by atoms with E-state index >= 15 is 0 Å². The van der Waals surface area contributed by atoms with Gasteiger partial charge in [0.15, 0.2) is 0 Å². The molecule has 5 rings (SSSR count). The molecule has 7 nitrogen and oxygen atoms in total. The van der Waals surface area contributed by atoms with Crippen molar-refractivity contribution in [3.63, 3.8) is 0 Å². The van der Waals surface area contributed by atoms with Crippen LogP contribution in [0.4, 0.5) is 21.9 Å². The number of hydrogen-bond donors (Lipinski definition) is 2. The molecule has 0 spiro atoms. The summed E-state index contributed by atoms with van der Waals surface area (Å²) in [5, 5.41) is 6.14. The van der Waals surface area contributed by atoms with E-state index in [9.17, 15) is 9.59 Å². The number of carbonyl (C=O) groups is 2. The third-order valence-corrected chi connectivity index (χ3v) is 6.19. The Balaban J connectivity index is 1.41. The molecule has 0 saturated carbocycles. The van der Waals surface area contributed by atoms with Gasteiger partial charge in [-0.05, 0) is 41.5 Å². The van der Waals surface area contributed by atoms with Crippen LogP contribution in [0.5, 0.6) is 5.75 Å². The molecule has 1 saturated heterocycles. The van der Waals surface area contributed by atoms with Gasteiger partial charge in [0.2, 0.25) is 5.91 Å². The van der Waals surface area contributed by atoms with Gasteiger partial charge in [-0.1, -0.05) is 54.6 Å². The number of piperazine rings is 1. The molecule has 0 radical (unpaired) electrons. The minimum absolute atomic E-state index is 0.0185. The first-order valence-corrected chi connectivity index (χ1v) is 11.9. The molecule has 178 valence electrons. The first-order chi connectivity index (χ1) is 17.2. The smallest absolute Gasteiger partial charge is 0.410 e. The van der Waals surface area contributed by atoms with E-state index in [1.54, 1.807) is 29.2 Å². The summed E-state index contributed by atoms with van der Waals surface area (Å²) >= 11 is 0. The summed E-state index contributed by atoms with van der Waals surface area (Å²) in [7, 11) is 0. The zero-order valence-electron chi connectivity index (χ0n) is 19.4. The minimum atomic E-state index is -0.586. The zero-order chi connectivity index (χ0) is 24.0. The normalized spacial score (nSPS) is 15.0. The minimum Gasteiger partial charge on any atom is -0.410 e. The van der Waals surface area contributed by atoms with Gasteiger partial charge in [0, 0.05) is 44.8 Å². The number of ether oxygens (including phenoxy) is 1. The topological polar surface area (TPSA) is 73.9 Å². The van der Waals surface area contributed by atoms with Crippen LogP contribution in [0.15, 0.2) is 72.8 Å². The molecular weight excluding hydrogens is 440 g/mol. The van der Waals surface area contributed by atoms with Crippen LogP contribution in [-0.2, 0) is 4.79 Å². The fraction of sp³-hybridized carbons (Fsp3) is 0.214. The van der Waals surface area contributed by atoms with E-state index in [1.807, 2.05) is 60.7 Å². The number of hydrogen-bond acceptors (Lipinski definition) is 5. The number of benzene rings is 3. The van der Waals surface area contributed by atoms with Gasteiger partial charge in [-0.3, -0.25) is 15.0 Å². The summed E-state index contributed by atoms with van der Waals surface area (Å²) in [5.41, 5.74) is 3.99. The van der Waals surface area contributed by atoms with Gasteiger partial charge in [0.25, 0.3) is 0 Å². The number of amides is 2. The second-order valence-electron chi connectivity index (χ2n) is 8.56. The van der Waals surface area contributed by atoms with Crippen molar-refractivity contribution in [3.05, 3.63) is 83.9 Å². The highest BCUT2D eigenvalue weighted by Crippen LogP contribution is 2.38. The predicted octanol–water partition coefficient (Wildman–Crippen LogP) is 4.74. The summed E-state index contributed by atoms with van der Waals surface area (Å²) in [6.07, 6.45) is 3.84. The Bertz CT molecular complexity index is 1240. The van der Waals surface area contributed by atoms with E-state index in [0.29, 0.717) is 24.4 Å². The zero-order valence-corrected chi connectivity index (χ0v) is 19.4. The van der Waals surface area contributed by atoms with Crippen LogP contribution in [0.25, 0.3) is 12.2 Å². The van der Waals surface area contributed by atoms with Gasteiger partial charge in [-0.25, -0.2) is 4.79 Å². The summed E-state index contributed by atoms with van der Waals surface area (Å²) in [6, 6.07) is 22.3. The van der Waals surface area contributed by atoms with Crippen molar-refractivity contribution in [1.82, 2.24) is 10.2 Å². The maximum Gasteiger partial charge on any atom is 0.417 e. The van der Waals surface area contributed by atoms with Crippen LogP contribution in [0.2, 0.25) is 0 Å². The molecule has 2 N–H and O–H groups in total. The van der Waals surface area contributed by atoms with Crippen LogP contribution in [0, 0.1) is 0 Å².